The minimum absolute atomic E-state index is 0.296. The third-order valence-corrected chi connectivity index (χ3v) is 3.55. The van der Waals surface area contributed by atoms with Gasteiger partial charge in [0.25, 0.3) is 0 Å². The first kappa shape index (κ1) is 29.6. The van der Waals surface area contributed by atoms with Crippen LogP contribution in [0.5, 0.6) is 0 Å². The number of aryl methyl sites for hydroxylation is 1. The van der Waals surface area contributed by atoms with Gasteiger partial charge in [-0.3, -0.25) is 0 Å². The van der Waals surface area contributed by atoms with Gasteiger partial charge in [-0.1, -0.05) is 6.07 Å². The van der Waals surface area contributed by atoms with Crippen molar-refractivity contribution in [3.63, 3.8) is 0 Å². The minimum atomic E-state index is -0.337. The van der Waals surface area contributed by atoms with Crippen LogP contribution in [0.25, 0.3) is 0 Å². The van der Waals surface area contributed by atoms with Gasteiger partial charge in [0.15, 0.2) is 0 Å². The van der Waals surface area contributed by atoms with E-state index in [0.29, 0.717) is 11.1 Å². The van der Waals surface area contributed by atoms with Gasteiger partial charge in [0, 0.05) is 71.0 Å². The molecule has 1 heteroatoms. The van der Waals surface area contributed by atoms with Crippen molar-refractivity contribution in [3.8, 4) is 178 Å². The molecule has 1 aromatic rings. The Labute approximate surface area is 230 Å². The maximum absolute atomic E-state index is 14.0. The molecule has 0 aliphatic heterocycles. The molecule has 0 nitrogen and oxygen atoms in total. The summed E-state index contributed by atoms with van der Waals surface area (Å²) in [7, 11) is 0. The van der Waals surface area contributed by atoms with Crippen LogP contribution in [0.3, 0.4) is 0 Å². The highest BCUT2D eigenvalue weighted by Crippen LogP contribution is 2.15. The standard InChI is InChI=1S/C38H9F/c1-4-5-6-7-8-9-10-11-12-13-14-15-16-17-18-19-20-21-22-23-24-25-26-27-28-29-30-31-32-37-34-33-35(2)36(3)38(37)39/h1,33-34H,2-3H3. The van der Waals surface area contributed by atoms with Crippen molar-refractivity contribution in [1.29, 1.82) is 0 Å². The number of hydrogen-bond acceptors (Lipinski definition) is 0. The molecular weight excluding hydrogens is 475 g/mol. The van der Waals surface area contributed by atoms with Crippen molar-refractivity contribution in [3.05, 3.63) is 34.6 Å². The zero-order chi connectivity index (χ0) is 28.2. The van der Waals surface area contributed by atoms with Gasteiger partial charge in [-0.05, 0) is 132 Å². The van der Waals surface area contributed by atoms with Gasteiger partial charge in [0.2, 0.25) is 0 Å². The molecule has 0 spiro atoms. The molecule has 1 aromatic carbocycles. The average Bonchev–Trinajstić information content (AvgIpc) is 2.94. The molecule has 0 unspecified atom stereocenters. The van der Waals surface area contributed by atoms with Crippen LogP contribution in [0.1, 0.15) is 16.7 Å². The van der Waals surface area contributed by atoms with E-state index in [-0.39, 0.29) is 5.82 Å². The first-order chi connectivity index (χ1) is 19.2. The third kappa shape index (κ3) is 15.9. The highest BCUT2D eigenvalue weighted by atomic mass is 19.1. The largest absolute Gasteiger partial charge is 0.205 e. The summed E-state index contributed by atoms with van der Waals surface area (Å²) in [5.74, 6) is 71.5. The lowest BCUT2D eigenvalue weighted by molar-refractivity contribution is 0.613. The van der Waals surface area contributed by atoms with E-state index in [1.807, 2.05) is 13.0 Å². The highest BCUT2D eigenvalue weighted by Gasteiger charge is 2.04. The van der Waals surface area contributed by atoms with Crippen molar-refractivity contribution < 1.29 is 4.39 Å². The Hall–Kier alpha value is -7.45. The second-order valence-electron chi connectivity index (χ2n) is 6.01. The topological polar surface area (TPSA) is 0 Å². The van der Waals surface area contributed by atoms with E-state index in [4.69, 9.17) is 6.42 Å². The summed E-state index contributed by atoms with van der Waals surface area (Å²) in [6.07, 6.45) is 4.93. The fraction of sp³-hybridized carbons (Fsp3) is 0.0526. The monoisotopic (exact) mass is 484 g/mol. The van der Waals surface area contributed by atoms with Crippen LogP contribution in [-0.4, -0.2) is 0 Å². The molecule has 0 saturated carbocycles. The normalized spacial score (nSPS) is 5.49. The lowest BCUT2D eigenvalue weighted by Crippen LogP contribution is -1.91. The van der Waals surface area contributed by atoms with Gasteiger partial charge in [0.05, 0.1) is 5.56 Å². The Morgan fingerprint density at radius 3 is 1.03 bits per heavy atom. The first-order valence-electron chi connectivity index (χ1n) is 10.4. The molecule has 0 aromatic heterocycles. The second-order valence-corrected chi connectivity index (χ2v) is 6.01. The van der Waals surface area contributed by atoms with E-state index >= 15 is 0 Å². The van der Waals surface area contributed by atoms with Crippen LogP contribution in [0.4, 0.5) is 4.39 Å². The summed E-state index contributed by atoms with van der Waals surface area (Å²) in [6.45, 7) is 3.54. The number of halogens is 1. The van der Waals surface area contributed by atoms with E-state index in [1.165, 1.54) is 0 Å². The van der Waals surface area contributed by atoms with Gasteiger partial charge >= 0.3 is 0 Å². The first-order valence-corrected chi connectivity index (χ1v) is 10.4. The molecule has 0 amide bonds. The summed E-state index contributed by atoms with van der Waals surface area (Å²) in [4.78, 5) is 0. The molecule has 1 rings (SSSR count). The lowest BCUT2D eigenvalue weighted by atomic mass is 10.1. The Kier molecular flexibility index (Phi) is 16.0. The molecule has 0 radical (unpaired) electrons. The molecule has 0 bridgehead atoms. The van der Waals surface area contributed by atoms with Gasteiger partial charge < -0.3 is 0 Å². The molecule has 0 saturated heterocycles. The Balaban J connectivity index is 2.48. The van der Waals surface area contributed by atoms with E-state index in [0.717, 1.165) is 5.56 Å². The molecule has 0 atom stereocenters. The van der Waals surface area contributed by atoms with E-state index < -0.39 is 0 Å². The molecule has 0 aliphatic carbocycles. The smallest absolute Gasteiger partial charge is 0.142 e. The fourth-order valence-electron chi connectivity index (χ4n) is 1.79. The van der Waals surface area contributed by atoms with Gasteiger partial charge in [-0.2, -0.15) is 0 Å². The predicted octanol–water partition coefficient (Wildman–Crippen LogP) is 2.47. The maximum Gasteiger partial charge on any atom is 0.142 e. The third-order valence-electron chi connectivity index (χ3n) is 3.55. The number of terminal acetylenes is 1. The quantitative estimate of drug-likeness (QED) is 0.497. The van der Waals surface area contributed by atoms with Crippen LogP contribution >= 0.6 is 0 Å². The Bertz CT molecular complexity index is 2120. The zero-order valence-electron chi connectivity index (χ0n) is 20.6. The number of hydrogen-bond donors (Lipinski definition) is 0. The van der Waals surface area contributed by atoms with Crippen LogP contribution in [0.15, 0.2) is 12.1 Å². The van der Waals surface area contributed by atoms with E-state index in [1.54, 1.807) is 13.0 Å². The van der Waals surface area contributed by atoms with Crippen LogP contribution in [0, 0.1) is 198 Å². The SMILES string of the molecule is C#CC#CC#CC#CC#CC#CC#CC#CC#CC#CC#CC#CC#CC#CC#Cc1ccc(C)c(C)c1F. The maximum atomic E-state index is 14.0. The fourth-order valence-corrected chi connectivity index (χ4v) is 1.79. The summed E-state index contributed by atoms with van der Waals surface area (Å²) >= 11 is 0. The predicted molar refractivity (Wildman–Crippen MR) is 153 cm³/mol. The van der Waals surface area contributed by atoms with Gasteiger partial charge in [0.1, 0.15) is 5.82 Å². The molecule has 0 N–H and O–H groups in total. The number of benzene rings is 1. The van der Waals surface area contributed by atoms with Crippen molar-refractivity contribution in [2.45, 2.75) is 13.8 Å². The summed E-state index contributed by atoms with van der Waals surface area (Å²) in [5, 5.41) is 0. The second kappa shape index (κ2) is 21.1. The highest BCUT2D eigenvalue weighted by molar-refractivity contribution is 5.49. The molecule has 168 valence electrons. The van der Waals surface area contributed by atoms with Crippen LogP contribution in [-0.2, 0) is 0 Å². The van der Waals surface area contributed by atoms with E-state index in [2.05, 4.69) is 172 Å². The lowest BCUT2D eigenvalue weighted by Gasteiger charge is -2.02. The zero-order valence-corrected chi connectivity index (χ0v) is 20.6. The summed E-state index contributed by atoms with van der Waals surface area (Å²) in [6, 6.07) is 3.43. The van der Waals surface area contributed by atoms with Crippen LogP contribution < -0.4 is 0 Å². The Morgan fingerprint density at radius 1 is 0.436 bits per heavy atom. The molecule has 39 heavy (non-hydrogen) atoms. The average molecular weight is 484 g/mol. The van der Waals surface area contributed by atoms with Crippen molar-refractivity contribution in [2.75, 3.05) is 0 Å². The van der Waals surface area contributed by atoms with Crippen molar-refractivity contribution in [1.82, 2.24) is 0 Å². The van der Waals surface area contributed by atoms with E-state index in [9.17, 15) is 4.39 Å². The molecule has 0 aliphatic rings. The van der Waals surface area contributed by atoms with Crippen molar-refractivity contribution in [2.24, 2.45) is 0 Å². The minimum Gasteiger partial charge on any atom is -0.205 e. The number of rotatable bonds is 0. The van der Waals surface area contributed by atoms with Crippen LogP contribution in [0.2, 0.25) is 0 Å². The van der Waals surface area contributed by atoms with Crippen molar-refractivity contribution >= 4 is 0 Å². The van der Waals surface area contributed by atoms with Gasteiger partial charge in [-0.15, -0.1) is 6.42 Å². The molecular formula is C38H9F. The Morgan fingerprint density at radius 2 is 0.718 bits per heavy atom. The molecule has 0 fully saturated rings. The van der Waals surface area contributed by atoms with Gasteiger partial charge in [-0.25, -0.2) is 4.39 Å². The summed E-state index contributed by atoms with van der Waals surface area (Å²) in [5.41, 5.74) is 1.74. The molecule has 0 heterocycles. The summed E-state index contributed by atoms with van der Waals surface area (Å²) < 4.78 is 14.0.